The Morgan fingerprint density at radius 3 is 2.47 bits per heavy atom. The Labute approximate surface area is 115 Å². The molecule has 0 aromatic heterocycles. The minimum Gasteiger partial charge on any atom is -0.393 e. The van der Waals surface area contributed by atoms with Crippen LogP contribution in [0, 0.1) is 5.92 Å². The van der Waals surface area contributed by atoms with Gasteiger partial charge in [0.1, 0.15) is 0 Å². The first kappa shape index (κ1) is 13.4. The summed E-state index contributed by atoms with van der Waals surface area (Å²) >= 11 is 0. The van der Waals surface area contributed by atoms with E-state index in [0.29, 0.717) is 17.9 Å². The van der Waals surface area contributed by atoms with Crippen LogP contribution in [-0.4, -0.2) is 39.8 Å². The van der Waals surface area contributed by atoms with Crippen molar-refractivity contribution in [2.75, 3.05) is 0 Å². The molecule has 2 saturated carbocycles. The number of carbonyl (C=O) groups excluding carboxylic acids is 1. The fourth-order valence-electron chi connectivity index (χ4n) is 3.70. The van der Waals surface area contributed by atoms with Crippen molar-refractivity contribution in [2.45, 2.75) is 82.6 Å². The molecule has 19 heavy (non-hydrogen) atoms. The van der Waals surface area contributed by atoms with Gasteiger partial charge in [0.2, 0.25) is 5.91 Å². The standard InChI is InChI=1S/C15H26N2O2/c1-10(2)9-13-16-15(7-8-15)14(19)17(13)11-3-5-12(18)6-4-11/h10-13,16,18H,3-9H2,1-2H3. The number of nitrogens with one attached hydrogen (secondary N) is 1. The number of carbonyl (C=O) groups is 1. The summed E-state index contributed by atoms with van der Waals surface area (Å²) in [5.74, 6) is 0.926. The summed E-state index contributed by atoms with van der Waals surface area (Å²) in [6, 6.07) is 0.340. The van der Waals surface area contributed by atoms with Gasteiger partial charge in [-0.3, -0.25) is 10.1 Å². The predicted octanol–water partition coefficient (Wildman–Crippen LogP) is 1.63. The molecule has 0 bridgehead atoms. The predicted molar refractivity (Wildman–Crippen MR) is 73.5 cm³/mol. The normalized spacial score (nSPS) is 37.4. The lowest BCUT2D eigenvalue weighted by atomic mass is 9.91. The number of rotatable bonds is 3. The van der Waals surface area contributed by atoms with Gasteiger partial charge >= 0.3 is 0 Å². The van der Waals surface area contributed by atoms with Crippen LogP contribution in [0.5, 0.6) is 0 Å². The van der Waals surface area contributed by atoms with Gasteiger partial charge in [-0.15, -0.1) is 0 Å². The van der Waals surface area contributed by atoms with Crippen LogP contribution in [0.1, 0.15) is 58.8 Å². The first-order chi connectivity index (χ1) is 9.02. The molecule has 1 spiro atoms. The minimum atomic E-state index is -0.199. The van der Waals surface area contributed by atoms with Gasteiger partial charge in [-0.1, -0.05) is 13.8 Å². The zero-order valence-corrected chi connectivity index (χ0v) is 12.1. The number of amides is 1. The molecule has 4 heteroatoms. The maximum absolute atomic E-state index is 12.7. The lowest BCUT2D eigenvalue weighted by Crippen LogP contribution is -2.47. The highest BCUT2D eigenvalue weighted by Crippen LogP contribution is 2.45. The van der Waals surface area contributed by atoms with Crippen LogP contribution in [0.2, 0.25) is 0 Å². The fraction of sp³-hybridized carbons (Fsp3) is 0.933. The number of aliphatic hydroxyl groups is 1. The molecule has 3 rings (SSSR count). The molecule has 3 fully saturated rings. The first-order valence-corrected chi connectivity index (χ1v) is 7.80. The van der Waals surface area contributed by atoms with E-state index in [9.17, 15) is 9.90 Å². The van der Waals surface area contributed by atoms with E-state index in [1.54, 1.807) is 0 Å². The van der Waals surface area contributed by atoms with Crippen molar-refractivity contribution in [1.82, 2.24) is 10.2 Å². The summed E-state index contributed by atoms with van der Waals surface area (Å²) in [5, 5.41) is 13.2. The van der Waals surface area contributed by atoms with Crippen molar-refractivity contribution >= 4 is 5.91 Å². The Balaban J connectivity index is 1.74. The molecule has 0 aromatic carbocycles. The molecule has 1 unspecified atom stereocenters. The molecule has 2 aliphatic carbocycles. The highest BCUT2D eigenvalue weighted by molar-refractivity contribution is 5.92. The van der Waals surface area contributed by atoms with E-state index in [1.807, 2.05) is 0 Å². The molecule has 1 saturated heterocycles. The van der Waals surface area contributed by atoms with Crippen molar-refractivity contribution in [3.8, 4) is 0 Å². The van der Waals surface area contributed by atoms with Crippen LogP contribution in [0.4, 0.5) is 0 Å². The van der Waals surface area contributed by atoms with Gasteiger partial charge in [0.05, 0.1) is 17.8 Å². The highest BCUT2D eigenvalue weighted by atomic mass is 16.3. The van der Waals surface area contributed by atoms with Gasteiger partial charge in [0.25, 0.3) is 0 Å². The second-order valence-corrected chi connectivity index (χ2v) is 7.05. The Morgan fingerprint density at radius 1 is 1.32 bits per heavy atom. The van der Waals surface area contributed by atoms with Crippen molar-refractivity contribution in [3.05, 3.63) is 0 Å². The molecule has 0 aromatic rings. The summed E-state index contributed by atoms with van der Waals surface area (Å²) < 4.78 is 0. The maximum Gasteiger partial charge on any atom is 0.244 e. The zero-order valence-electron chi connectivity index (χ0n) is 12.1. The third-order valence-corrected chi connectivity index (χ3v) is 4.93. The zero-order chi connectivity index (χ0) is 13.6. The average molecular weight is 266 g/mol. The molecular formula is C15H26N2O2. The molecule has 1 amide bonds. The molecular weight excluding hydrogens is 240 g/mol. The number of hydrogen-bond donors (Lipinski definition) is 2. The van der Waals surface area contributed by atoms with Crippen LogP contribution >= 0.6 is 0 Å². The summed E-state index contributed by atoms with van der Waals surface area (Å²) in [6.45, 7) is 4.43. The maximum atomic E-state index is 12.7. The quantitative estimate of drug-likeness (QED) is 0.816. The van der Waals surface area contributed by atoms with E-state index in [1.165, 1.54) is 0 Å². The number of aliphatic hydroxyl groups excluding tert-OH is 1. The molecule has 1 heterocycles. The van der Waals surface area contributed by atoms with Gasteiger partial charge in [-0.25, -0.2) is 0 Å². The Hall–Kier alpha value is -0.610. The van der Waals surface area contributed by atoms with E-state index < -0.39 is 0 Å². The monoisotopic (exact) mass is 266 g/mol. The first-order valence-electron chi connectivity index (χ1n) is 7.80. The summed E-state index contributed by atoms with van der Waals surface area (Å²) in [6.07, 6.45) is 6.71. The second-order valence-electron chi connectivity index (χ2n) is 7.05. The van der Waals surface area contributed by atoms with Gasteiger partial charge in [0, 0.05) is 6.04 Å². The van der Waals surface area contributed by atoms with Gasteiger partial charge in [-0.05, 0) is 50.9 Å². The van der Waals surface area contributed by atoms with Crippen molar-refractivity contribution in [1.29, 1.82) is 0 Å². The van der Waals surface area contributed by atoms with Crippen molar-refractivity contribution in [3.63, 3.8) is 0 Å². The topological polar surface area (TPSA) is 52.6 Å². The second kappa shape index (κ2) is 4.74. The largest absolute Gasteiger partial charge is 0.393 e. The highest BCUT2D eigenvalue weighted by Gasteiger charge is 2.60. The molecule has 2 N–H and O–H groups in total. The smallest absolute Gasteiger partial charge is 0.244 e. The SMILES string of the molecule is CC(C)CC1NC2(CC2)C(=O)N1C1CCC(O)CC1. The van der Waals surface area contributed by atoms with Gasteiger partial charge in [-0.2, -0.15) is 0 Å². The lowest BCUT2D eigenvalue weighted by Gasteiger charge is -2.37. The Morgan fingerprint density at radius 2 is 1.95 bits per heavy atom. The van der Waals surface area contributed by atoms with Crippen LogP contribution in [-0.2, 0) is 4.79 Å². The molecule has 3 aliphatic rings. The third-order valence-electron chi connectivity index (χ3n) is 4.93. The molecule has 108 valence electrons. The van der Waals surface area contributed by atoms with Crippen molar-refractivity contribution < 1.29 is 9.90 Å². The van der Waals surface area contributed by atoms with Crippen LogP contribution in [0.15, 0.2) is 0 Å². The van der Waals surface area contributed by atoms with E-state index >= 15 is 0 Å². The molecule has 0 radical (unpaired) electrons. The summed E-state index contributed by atoms with van der Waals surface area (Å²) in [5.41, 5.74) is -0.199. The summed E-state index contributed by atoms with van der Waals surface area (Å²) in [4.78, 5) is 14.8. The van der Waals surface area contributed by atoms with E-state index in [-0.39, 0.29) is 17.8 Å². The Kier molecular flexibility index (Phi) is 3.34. The van der Waals surface area contributed by atoms with Gasteiger partial charge < -0.3 is 10.0 Å². The van der Waals surface area contributed by atoms with E-state index in [2.05, 4.69) is 24.1 Å². The van der Waals surface area contributed by atoms with Crippen LogP contribution in [0.25, 0.3) is 0 Å². The van der Waals surface area contributed by atoms with Gasteiger partial charge in [0.15, 0.2) is 0 Å². The summed E-state index contributed by atoms with van der Waals surface area (Å²) in [7, 11) is 0. The minimum absolute atomic E-state index is 0.152. The molecule has 1 aliphatic heterocycles. The Bertz CT molecular complexity index is 357. The van der Waals surface area contributed by atoms with Crippen LogP contribution < -0.4 is 5.32 Å². The van der Waals surface area contributed by atoms with Crippen LogP contribution in [0.3, 0.4) is 0 Å². The third kappa shape index (κ3) is 2.40. The lowest BCUT2D eigenvalue weighted by molar-refractivity contribution is -0.134. The van der Waals surface area contributed by atoms with Crippen molar-refractivity contribution in [2.24, 2.45) is 5.92 Å². The molecule has 1 atom stereocenters. The number of hydrogen-bond acceptors (Lipinski definition) is 3. The molecule has 4 nitrogen and oxygen atoms in total. The fourth-order valence-corrected chi connectivity index (χ4v) is 3.70. The van der Waals surface area contributed by atoms with E-state index in [4.69, 9.17) is 0 Å². The average Bonchev–Trinajstić information content (AvgIpc) is 3.06. The number of nitrogens with zero attached hydrogens (tertiary/aromatic N) is 1. The van der Waals surface area contributed by atoms with E-state index in [0.717, 1.165) is 44.9 Å².